The van der Waals surface area contributed by atoms with Gasteiger partial charge in [0.1, 0.15) is 0 Å². The molecule has 0 heterocycles. The summed E-state index contributed by atoms with van der Waals surface area (Å²) in [5.74, 6) is -1.02. The SMILES string of the molecule is CCCCCCCc1ccc(-c2ccc(C(=O)NCCCC(=O)O)cc2)cc1. The lowest BCUT2D eigenvalue weighted by Crippen LogP contribution is -2.24. The highest BCUT2D eigenvalue weighted by Crippen LogP contribution is 2.21. The number of unbranched alkanes of at least 4 members (excludes halogenated alkanes) is 4. The van der Waals surface area contributed by atoms with Crippen LogP contribution in [0.1, 0.15) is 67.8 Å². The Morgan fingerprint density at radius 2 is 1.43 bits per heavy atom. The zero-order valence-corrected chi connectivity index (χ0v) is 16.7. The van der Waals surface area contributed by atoms with Gasteiger partial charge in [-0.15, -0.1) is 0 Å². The topological polar surface area (TPSA) is 66.4 Å². The third-order valence-electron chi connectivity index (χ3n) is 4.86. The Bertz CT molecular complexity index is 735. The molecular weight excluding hydrogens is 350 g/mol. The van der Waals surface area contributed by atoms with E-state index in [-0.39, 0.29) is 12.3 Å². The number of hydrogen-bond acceptors (Lipinski definition) is 2. The van der Waals surface area contributed by atoms with E-state index in [1.165, 1.54) is 37.7 Å². The molecule has 2 N–H and O–H groups in total. The zero-order valence-electron chi connectivity index (χ0n) is 16.7. The molecular formula is C24H31NO3. The summed E-state index contributed by atoms with van der Waals surface area (Å²) < 4.78 is 0. The Hall–Kier alpha value is -2.62. The van der Waals surface area contributed by atoms with Crippen LogP contribution < -0.4 is 5.32 Å². The van der Waals surface area contributed by atoms with Gasteiger partial charge in [-0.05, 0) is 48.1 Å². The largest absolute Gasteiger partial charge is 0.481 e. The normalized spacial score (nSPS) is 10.6. The molecule has 2 rings (SSSR count). The number of carboxylic acid groups (broad SMARTS) is 1. The minimum atomic E-state index is -0.846. The smallest absolute Gasteiger partial charge is 0.303 e. The summed E-state index contributed by atoms with van der Waals surface area (Å²) in [6, 6.07) is 16.2. The number of hydrogen-bond donors (Lipinski definition) is 2. The van der Waals surface area contributed by atoms with E-state index in [1.54, 1.807) is 0 Å². The van der Waals surface area contributed by atoms with Gasteiger partial charge in [0, 0.05) is 18.5 Å². The summed E-state index contributed by atoms with van der Waals surface area (Å²) in [5.41, 5.74) is 4.18. The monoisotopic (exact) mass is 381 g/mol. The van der Waals surface area contributed by atoms with Gasteiger partial charge in [-0.2, -0.15) is 0 Å². The molecule has 0 fully saturated rings. The second-order valence-electron chi connectivity index (χ2n) is 7.19. The number of amides is 1. The Labute approximate surface area is 168 Å². The molecule has 2 aromatic rings. The van der Waals surface area contributed by atoms with Crippen molar-refractivity contribution in [2.75, 3.05) is 6.54 Å². The van der Waals surface area contributed by atoms with E-state index in [1.807, 2.05) is 24.3 Å². The molecule has 0 spiro atoms. The minimum absolute atomic E-state index is 0.0634. The van der Waals surface area contributed by atoms with Crippen molar-refractivity contribution >= 4 is 11.9 Å². The molecule has 0 aliphatic carbocycles. The molecule has 0 aliphatic rings. The number of nitrogens with one attached hydrogen (secondary N) is 1. The van der Waals surface area contributed by atoms with Gasteiger partial charge in [-0.3, -0.25) is 9.59 Å². The average molecular weight is 382 g/mol. The van der Waals surface area contributed by atoms with Crippen molar-refractivity contribution in [2.45, 2.75) is 58.3 Å². The fourth-order valence-electron chi connectivity index (χ4n) is 3.15. The lowest BCUT2D eigenvalue weighted by atomic mass is 10.00. The van der Waals surface area contributed by atoms with Crippen molar-refractivity contribution in [3.05, 3.63) is 59.7 Å². The van der Waals surface area contributed by atoms with Crippen molar-refractivity contribution in [2.24, 2.45) is 0 Å². The summed E-state index contributed by atoms with van der Waals surface area (Å²) in [6.07, 6.45) is 8.11. The van der Waals surface area contributed by atoms with Gasteiger partial charge in [0.15, 0.2) is 0 Å². The first-order valence-electron chi connectivity index (χ1n) is 10.3. The maximum Gasteiger partial charge on any atom is 0.303 e. The van der Waals surface area contributed by atoms with Crippen molar-refractivity contribution in [3.63, 3.8) is 0 Å². The van der Waals surface area contributed by atoms with Crippen LogP contribution in [0.2, 0.25) is 0 Å². The summed E-state index contributed by atoms with van der Waals surface area (Å²) >= 11 is 0. The molecule has 4 nitrogen and oxygen atoms in total. The number of carboxylic acids is 1. The second-order valence-corrected chi connectivity index (χ2v) is 7.19. The van der Waals surface area contributed by atoms with Gasteiger partial charge in [-0.25, -0.2) is 0 Å². The third kappa shape index (κ3) is 7.55. The second kappa shape index (κ2) is 12.0. The first kappa shape index (κ1) is 21.7. The predicted octanol–water partition coefficient (Wildman–Crippen LogP) is 5.46. The fourth-order valence-corrected chi connectivity index (χ4v) is 3.15. The molecule has 0 saturated carbocycles. The van der Waals surface area contributed by atoms with E-state index >= 15 is 0 Å². The molecule has 0 aromatic heterocycles. The number of rotatable bonds is 12. The Balaban J connectivity index is 1.83. The standard InChI is InChI=1S/C24H31NO3/c1-2-3-4-5-6-8-19-10-12-20(13-11-19)21-14-16-22(17-15-21)24(28)25-18-7-9-23(26)27/h10-17H,2-9,18H2,1H3,(H,25,28)(H,26,27). The highest BCUT2D eigenvalue weighted by molar-refractivity contribution is 5.94. The lowest BCUT2D eigenvalue weighted by Gasteiger charge is -2.07. The highest BCUT2D eigenvalue weighted by Gasteiger charge is 2.06. The van der Waals surface area contributed by atoms with E-state index < -0.39 is 5.97 Å². The highest BCUT2D eigenvalue weighted by atomic mass is 16.4. The van der Waals surface area contributed by atoms with E-state index in [2.05, 4.69) is 36.5 Å². The van der Waals surface area contributed by atoms with Crippen LogP contribution in [-0.4, -0.2) is 23.5 Å². The molecule has 0 radical (unpaired) electrons. The van der Waals surface area contributed by atoms with E-state index in [4.69, 9.17) is 5.11 Å². The van der Waals surface area contributed by atoms with Crippen molar-refractivity contribution in [3.8, 4) is 11.1 Å². The predicted molar refractivity (Wildman–Crippen MR) is 114 cm³/mol. The maximum atomic E-state index is 12.1. The van der Waals surface area contributed by atoms with Gasteiger partial charge in [0.25, 0.3) is 5.91 Å². The minimum Gasteiger partial charge on any atom is -0.481 e. The molecule has 1 amide bonds. The summed E-state index contributed by atoms with van der Waals surface area (Å²) in [7, 11) is 0. The van der Waals surface area contributed by atoms with Gasteiger partial charge in [0.05, 0.1) is 0 Å². The molecule has 150 valence electrons. The Morgan fingerprint density at radius 1 is 0.821 bits per heavy atom. The van der Waals surface area contributed by atoms with Crippen LogP contribution in [0.4, 0.5) is 0 Å². The molecule has 0 unspecified atom stereocenters. The average Bonchev–Trinajstić information content (AvgIpc) is 2.71. The summed E-state index contributed by atoms with van der Waals surface area (Å²) in [5, 5.41) is 11.4. The number of carbonyl (C=O) groups excluding carboxylic acids is 1. The van der Waals surface area contributed by atoms with Gasteiger partial charge in [-0.1, -0.05) is 69.0 Å². The lowest BCUT2D eigenvalue weighted by molar-refractivity contribution is -0.137. The third-order valence-corrected chi connectivity index (χ3v) is 4.86. The first-order chi connectivity index (χ1) is 13.6. The number of aryl methyl sites for hydroxylation is 1. The van der Waals surface area contributed by atoms with Gasteiger partial charge < -0.3 is 10.4 Å². The van der Waals surface area contributed by atoms with Crippen LogP contribution in [0.25, 0.3) is 11.1 Å². The Morgan fingerprint density at radius 3 is 2.04 bits per heavy atom. The summed E-state index contributed by atoms with van der Waals surface area (Å²) in [6.45, 7) is 2.60. The number of aliphatic carboxylic acids is 1. The van der Waals surface area contributed by atoms with E-state index in [9.17, 15) is 9.59 Å². The van der Waals surface area contributed by atoms with Crippen LogP contribution in [0.5, 0.6) is 0 Å². The first-order valence-corrected chi connectivity index (χ1v) is 10.3. The fraction of sp³-hybridized carbons (Fsp3) is 0.417. The van der Waals surface area contributed by atoms with Crippen LogP contribution in [0, 0.1) is 0 Å². The van der Waals surface area contributed by atoms with Crippen molar-refractivity contribution < 1.29 is 14.7 Å². The van der Waals surface area contributed by atoms with E-state index in [0.717, 1.165) is 17.5 Å². The number of benzene rings is 2. The van der Waals surface area contributed by atoms with Crippen molar-refractivity contribution in [1.29, 1.82) is 0 Å². The number of carbonyl (C=O) groups is 2. The summed E-state index contributed by atoms with van der Waals surface area (Å²) in [4.78, 5) is 22.6. The molecule has 4 heteroatoms. The van der Waals surface area contributed by atoms with Gasteiger partial charge in [0.2, 0.25) is 0 Å². The van der Waals surface area contributed by atoms with Crippen LogP contribution in [-0.2, 0) is 11.2 Å². The molecule has 0 atom stereocenters. The molecule has 0 aliphatic heterocycles. The van der Waals surface area contributed by atoms with Crippen LogP contribution in [0.3, 0.4) is 0 Å². The molecule has 0 saturated heterocycles. The van der Waals surface area contributed by atoms with Crippen LogP contribution in [0.15, 0.2) is 48.5 Å². The van der Waals surface area contributed by atoms with Crippen LogP contribution >= 0.6 is 0 Å². The zero-order chi connectivity index (χ0) is 20.2. The molecule has 0 bridgehead atoms. The van der Waals surface area contributed by atoms with Crippen molar-refractivity contribution in [1.82, 2.24) is 5.32 Å². The Kier molecular flexibility index (Phi) is 9.26. The van der Waals surface area contributed by atoms with Gasteiger partial charge >= 0.3 is 5.97 Å². The maximum absolute atomic E-state index is 12.1. The van der Waals surface area contributed by atoms with E-state index in [0.29, 0.717) is 18.5 Å². The molecule has 2 aromatic carbocycles. The quantitative estimate of drug-likeness (QED) is 0.480. The molecule has 28 heavy (non-hydrogen) atoms.